The summed E-state index contributed by atoms with van der Waals surface area (Å²) in [6.45, 7) is 3.60. The van der Waals surface area contributed by atoms with Gasteiger partial charge in [-0.2, -0.15) is 0 Å². The van der Waals surface area contributed by atoms with E-state index in [9.17, 15) is 29.4 Å². The van der Waals surface area contributed by atoms with Crippen LogP contribution in [0.2, 0.25) is 0 Å². The molecular weight excluding hydrogens is 658 g/mol. The van der Waals surface area contributed by atoms with Gasteiger partial charge in [-0.05, 0) is 95.1 Å². The first-order valence-electron chi connectivity index (χ1n) is 18.6. The summed E-state index contributed by atoms with van der Waals surface area (Å²) in [4.78, 5) is 63.9. The highest BCUT2D eigenvalue weighted by Crippen LogP contribution is 2.40. The van der Waals surface area contributed by atoms with E-state index < -0.39 is 0 Å². The molecule has 11 heteroatoms. The first kappa shape index (κ1) is 34.3. The molecular formula is C41H45N5O6. The molecule has 2 fully saturated rings. The van der Waals surface area contributed by atoms with Gasteiger partial charge in [0, 0.05) is 81.4 Å². The molecule has 4 heterocycles. The molecule has 4 aliphatic heterocycles. The fourth-order valence-corrected chi connectivity index (χ4v) is 8.96. The van der Waals surface area contributed by atoms with Crippen molar-refractivity contribution in [2.45, 2.75) is 50.6 Å². The third-order valence-electron chi connectivity index (χ3n) is 11.6. The Kier molecular flexibility index (Phi) is 9.19. The van der Waals surface area contributed by atoms with Crippen LogP contribution < -0.4 is 9.80 Å². The van der Waals surface area contributed by atoms with Gasteiger partial charge in [0.1, 0.15) is 0 Å². The van der Waals surface area contributed by atoms with Gasteiger partial charge >= 0.3 is 0 Å². The van der Waals surface area contributed by atoms with Crippen molar-refractivity contribution >= 4 is 56.5 Å². The molecule has 2 N–H and O–H groups in total. The zero-order chi connectivity index (χ0) is 36.1. The summed E-state index contributed by atoms with van der Waals surface area (Å²) in [5.41, 5.74) is 4.00. The number of aliphatic hydroxyl groups is 2. The topological polar surface area (TPSA) is 125 Å². The van der Waals surface area contributed by atoms with Crippen molar-refractivity contribution in [3.05, 3.63) is 82.9 Å². The molecule has 0 saturated carbocycles. The number of carbonyl (C=O) groups excluding carboxylic acids is 4. The van der Waals surface area contributed by atoms with Crippen molar-refractivity contribution in [3.8, 4) is 0 Å². The fourth-order valence-electron chi connectivity index (χ4n) is 8.96. The molecule has 4 aliphatic rings. The number of aliphatic hydroxyl groups excluding tert-OH is 2. The normalized spacial score (nSPS) is 20.2. The number of hydrogen-bond acceptors (Lipinski definition) is 9. The van der Waals surface area contributed by atoms with Gasteiger partial charge < -0.3 is 24.9 Å². The maximum absolute atomic E-state index is 13.7. The summed E-state index contributed by atoms with van der Waals surface area (Å²) in [5.74, 6) is -1.16. The monoisotopic (exact) mass is 703 g/mol. The van der Waals surface area contributed by atoms with Gasteiger partial charge in [0.15, 0.2) is 0 Å². The van der Waals surface area contributed by atoms with E-state index in [1.54, 1.807) is 12.1 Å². The third-order valence-corrected chi connectivity index (χ3v) is 11.6. The minimum absolute atomic E-state index is 0.0305. The molecule has 2 atom stereocenters. The number of amides is 4. The van der Waals surface area contributed by atoms with E-state index in [-0.39, 0.29) is 62.0 Å². The van der Waals surface area contributed by atoms with Crippen molar-refractivity contribution < 1.29 is 29.4 Å². The molecule has 4 aromatic carbocycles. The van der Waals surface area contributed by atoms with Gasteiger partial charge in [0.25, 0.3) is 23.6 Å². The number of imide groups is 2. The van der Waals surface area contributed by atoms with Crippen LogP contribution in [0.1, 0.15) is 80.0 Å². The predicted octanol–water partition coefficient (Wildman–Crippen LogP) is 4.52. The zero-order valence-electron chi connectivity index (χ0n) is 29.6. The lowest BCUT2D eigenvalue weighted by Crippen LogP contribution is -2.42. The molecule has 0 aromatic heterocycles. The van der Waals surface area contributed by atoms with Gasteiger partial charge in [-0.3, -0.25) is 29.0 Å². The molecule has 0 aliphatic carbocycles. The van der Waals surface area contributed by atoms with Gasteiger partial charge in [-0.15, -0.1) is 0 Å². The molecule has 2 saturated heterocycles. The molecule has 4 amide bonds. The molecule has 270 valence electrons. The SMILES string of the molecule is CN(CCCN1C(=O)c2cccc3c(N4CCC[C@@H]4CO)ccc(c23)C1=O)CCCN1C(=O)c2cccc3c(N4CCC[C@@H]4CO)ccc(c23)C1=O. The zero-order valence-corrected chi connectivity index (χ0v) is 29.6. The second-order valence-electron chi connectivity index (χ2n) is 14.6. The smallest absolute Gasteiger partial charge is 0.261 e. The van der Waals surface area contributed by atoms with E-state index in [4.69, 9.17) is 0 Å². The van der Waals surface area contributed by atoms with Crippen molar-refractivity contribution in [2.75, 3.05) is 69.3 Å². The maximum atomic E-state index is 13.7. The summed E-state index contributed by atoms with van der Waals surface area (Å²) in [6, 6.07) is 18.8. The van der Waals surface area contributed by atoms with Crippen molar-refractivity contribution in [1.29, 1.82) is 0 Å². The molecule has 11 nitrogen and oxygen atoms in total. The van der Waals surface area contributed by atoms with Crippen molar-refractivity contribution in [2.24, 2.45) is 0 Å². The van der Waals surface area contributed by atoms with Gasteiger partial charge in [0.05, 0.1) is 25.3 Å². The van der Waals surface area contributed by atoms with E-state index in [1.165, 1.54) is 9.80 Å². The summed E-state index contributed by atoms with van der Waals surface area (Å²) >= 11 is 0. The van der Waals surface area contributed by atoms with E-state index in [2.05, 4.69) is 14.7 Å². The Labute approximate surface area is 303 Å². The first-order valence-corrected chi connectivity index (χ1v) is 18.6. The average Bonchev–Trinajstić information content (AvgIpc) is 3.85. The largest absolute Gasteiger partial charge is 0.394 e. The lowest BCUT2D eigenvalue weighted by Gasteiger charge is -2.31. The highest BCUT2D eigenvalue weighted by atomic mass is 16.3. The minimum atomic E-state index is -0.291. The summed E-state index contributed by atoms with van der Waals surface area (Å²) in [5, 5.41) is 22.9. The molecule has 0 radical (unpaired) electrons. The molecule has 0 bridgehead atoms. The van der Waals surface area contributed by atoms with Crippen LogP contribution in [0.15, 0.2) is 60.7 Å². The third kappa shape index (κ3) is 5.62. The van der Waals surface area contributed by atoms with Crippen LogP contribution in [0.4, 0.5) is 11.4 Å². The Morgan fingerprint density at radius 1 is 0.596 bits per heavy atom. The van der Waals surface area contributed by atoms with Crippen LogP contribution >= 0.6 is 0 Å². The molecule has 52 heavy (non-hydrogen) atoms. The van der Waals surface area contributed by atoms with Crippen molar-refractivity contribution in [3.63, 3.8) is 0 Å². The molecule has 0 unspecified atom stereocenters. The van der Waals surface area contributed by atoms with E-state index >= 15 is 0 Å². The van der Waals surface area contributed by atoms with Crippen molar-refractivity contribution in [1.82, 2.24) is 14.7 Å². The van der Waals surface area contributed by atoms with Gasteiger partial charge in [0.2, 0.25) is 0 Å². The highest BCUT2D eigenvalue weighted by molar-refractivity contribution is 6.28. The average molecular weight is 704 g/mol. The summed E-state index contributed by atoms with van der Waals surface area (Å²) in [7, 11) is 1.96. The van der Waals surface area contributed by atoms with Crippen LogP contribution in [-0.2, 0) is 0 Å². The Morgan fingerprint density at radius 3 is 1.40 bits per heavy atom. The Hall–Kier alpha value is -4.84. The maximum Gasteiger partial charge on any atom is 0.261 e. The second kappa shape index (κ2) is 13.9. The van der Waals surface area contributed by atoms with Crippen LogP contribution in [0.3, 0.4) is 0 Å². The quantitative estimate of drug-likeness (QED) is 0.205. The summed E-state index contributed by atoms with van der Waals surface area (Å²) < 4.78 is 0. The van der Waals surface area contributed by atoms with Crippen LogP contribution in [-0.4, -0.2) is 120 Å². The molecule has 8 rings (SSSR count). The highest BCUT2D eigenvalue weighted by Gasteiger charge is 2.36. The van der Waals surface area contributed by atoms with Crippen LogP contribution in [0.5, 0.6) is 0 Å². The number of carbonyl (C=O) groups is 4. The second-order valence-corrected chi connectivity index (χ2v) is 14.6. The fraction of sp³-hybridized carbons (Fsp3) is 0.415. The van der Waals surface area contributed by atoms with Gasteiger partial charge in [-0.25, -0.2) is 0 Å². The lowest BCUT2D eigenvalue weighted by atomic mass is 9.92. The lowest BCUT2D eigenvalue weighted by molar-refractivity contribution is 0.0596. The number of rotatable bonds is 12. The molecule has 0 spiro atoms. The minimum Gasteiger partial charge on any atom is -0.394 e. The number of hydrogen-bond donors (Lipinski definition) is 2. The molecule has 4 aromatic rings. The van der Waals surface area contributed by atoms with E-state index in [1.807, 2.05) is 55.6 Å². The summed E-state index contributed by atoms with van der Waals surface area (Å²) in [6.07, 6.45) is 4.95. The van der Waals surface area contributed by atoms with Crippen LogP contribution in [0.25, 0.3) is 21.5 Å². The number of nitrogens with zero attached hydrogens (tertiary/aromatic N) is 5. The van der Waals surface area contributed by atoms with Gasteiger partial charge in [-0.1, -0.05) is 24.3 Å². The van der Waals surface area contributed by atoms with E-state index in [0.717, 1.165) is 60.9 Å². The standard InChI is InChI=1S/C41H45N5O6/c1-42(18-6-22-45-38(49)30-12-2-10-28-34(43-20-4-8-26(43)24-47)16-14-32(36(28)30)40(45)51)19-7-23-46-39(50)31-13-3-11-29-35(44-21-5-9-27(44)25-48)17-15-33(37(29)31)41(46)52/h2-3,10-17,26-27,47-48H,4-9,18-25H2,1H3/t26-,27-/m1/s1. The Bertz CT molecular complexity index is 1910. The van der Waals surface area contributed by atoms with E-state index in [0.29, 0.717) is 59.0 Å². The number of anilines is 2. The Balaban J connectivity index is 0.888. The van der Waals surface area contributed by atoms with Crippen LogP contribution in [0, 0.1) is 0 Å². The predicted molar refractivity (Wildman–Crippen MR) is 200 cm³/mol. The number of benzene rings is 4. The first-order chi connectivity index (χ1) is 25.3. The Morgan fingerprint density at radius 2 is 1.00 bits per heavy atom.